The van der Waals surface area contributed by atoms with Crippen LogP contribution in [0.4, 0.5) is 0 Å². The van der Waals surface area contributed by atoms with E-state index in [4.69, 9.17) is 33.2 Å². The lowest BCUT2D eigenvalue weighted by Gasteiger charge is -2.12. The summed E-state index contributed by atoms with van der Waals surface area (Å²) in [7, 11) is 0. The summed E-state index contributed by atoms with van der Waals surface area (Å²) in [6.07, 6.45) is 5.10. The first kappa shape index (κ1) is 34.2. The maximum Gasteiger partial charge on any atom is 0.343 e. The van der Waals surface area contributed by atoms with E-state index in [1.54, 1.807) is 66.7 Å². The van der Waals surface area contributed by atoms with E-state index in [-0.39, 0.29) is 6.79 Å². The summed E-state index contributed by atoms with van der Waals surface area (Å²) in [5, 5.41) is 0. The Morgan fingerprint density at radius 1 is 0.600 bits per heavy atom. The van der Waals surface area contributed by atoms with Gasteiger partial charge < -0.3 is 33.2 Å². The maximum absolute atomic E-state index is 12.6. The molecule has 0 unspecified atom stereocenters. The number of hydrogen-bond donors (Lipinski definition) is 0. The van der Waals surface area contributed by atoms with Gasteiger partial charge in [-0.15, -0.1) is 0 Å². The van der Waals surface area contributed by atoms with E-state index in [1.807, 2.05) is 6.92 Å². The summed E-state index contributed by atoms with van der Waals surface area (Å²) in [5.74, 6) is 1.56. The van der Waals surface area contributed by atoms with Gasteiger partial charge in [-0.1, -0.05) is 13.2 Å². The summed E-state index contributed by atoms with van der Waals surface area (Å²) in [6, 6.07) is 18.9. The zero-order chi connectivity index (χ0) is 32.3. The number of benzene rings is 3. The fourth-order valence-electron chi connectivity index (χ4n) is 3.75. The van der Waals surface area contributed by atoms with Crippen LogP contribution >= 0.6 is 0 Å². The fourth-order valence-corrected chi connectivity index (χ4v) is 3.75. The van der Waals surface area contributed by atoms with E-state index in [0.717, 1.165) is 24.1 Å². The van der Waals surface area contributed by atoms with Crippen molar-refractivity contribution in [1.29, 1.82) is 0 Å². The minimum atomic E-state index is -0.497. The van der Waals surface area contributed by atoms with E-state index < -0.39 is 17.9 Å². The number of carbonyl (C=O) groups excluding carboxylic acids is 3. The summed E-state index contributed by atoms with van der Waals surface area (Å²) in [4.78, 5) is 34.6. The Labute approximate surface area is 263 Å². The van der Waals surface area contributed by atoms with E-state index in [1.165, 1.54) is 0 Å². The van der Waals surface area contributed by atoms with Crippen molar-refractivity contribution >= 4 is 17.9 Å². The lowest BCUT2D eigenvalue weighted by Crippen LogP contribution is -2.09. The summed E-state index contributed by atoms with van der Waals surface area (Å²) < 4.78 is 38.1. The molecule has 0 saturated heterocycles. The molecular weight excluding hydrogens is 580 g/mol. The van der Waals surface area contributed by atoms with Crippen LogP contribution in [0.1, 0.15) is 41.6 Å². The Morgan fingerprint density at radius 2 is 1.07 bits per heavy atom. The molecule has 0 aliphatic carbocycles. The molecule has 0 aromatic heterocycles. The highest BCUT2D eigenvalue weighted by atomic mass is 16.7. The van der Waals surface area contributed by atoms with E-state index in [2.05, 4.69) is 13.2 Å². The predicted molar refractivity (Wildman–Crippen MR) is 167 cm³/mol. The predicted octanol–water partition coefficient (Wildman–Crippen LogP) is 6.41. The van der Waals surface area contributed by atoms with Gasteiger partial charge in [0.1, 0.15) is 28.7 Å². The van der Waals surface area contributed by atoms with E-state index in [0.29, 0.717) is 80.0 Å². The molecule has 0 heterocycles. The van der Waals surface area contributed by atoms with Crippen LogP contribution in [0.2, 0.25) is 0 Å². The third-order valence-corrected chi connectivity index (χ3v) is 6.15. The molecule has 45 heavy (non-hydrogen) atoms. The first-order valence-corrected chi connectivity index (χ1v) is 14.5. The van der Waals surface area contributed by atoms with Gasteiger partial charge in [-0.3, -0.25) is 0 Å². The van der Waals surface area contributed by atoms with Crippen LogP contribution in [-0.2, 0) is 19.1 Å². The van der Waals surface area contributed by atoms with Gasteiger partial charge in [0, 0.05) is 12.2 Å². The lowest BCUT2D eigenvalue weighted by molar-refractivity contribution is -0.138. The highest BCUT2D eigenvalue weighted by Crippen LogP contribution is 2.25. The Balaban J connectivity index is 1.34. The molecule has 0 amide bonds. The van der Waals surface area contributed by atoms with Crippen molar-refractivity contribution < 1.29 is 47.5 Å². The third-order valence-electron chi connectivity index (χ3n) is 6.15. The number of rotatable bonds is 20. The second-order valence-corrected chi connectivity index (χ2v) is 9.57. The third kappa shape index (κ3) is 12.9. The largest absolute Gasteiger partial charge is 0.494 e. The molecule has 10 nitrogen and oxygen atoms in total. The Morgan fingerprint density at radius 3 is 1.58 bits per heavy atom. The van der Waals surface area contributed by atoms with Gasteiger partial charge in [0.05, 0.1) is 32.0 Å². The number of esters is 3. The number of carbonyl (C=O) groups is 3. The summed E-state index contributed by atoms with van der Waals surface area (Å²) in [6.45, 7) is 10.1. The zero-order valence-electron chi connectivity index (χ0n) is 25.4. The van der Waals surface area contributed by atoms with Crippen molar-refractivity contribution in [3.63, 3.8) is 0 Å². The average molecular weight is 619 g/mol. The first-order chi connectivity index (χ1) is 21.9. The molecule has 0 spiro atoms. The summed E-state index contributed by atoms with van der Waals surface area (Å²) >= 11 is 0. The van der Waals surface area contributed by atoms with E-state index in [9.17, 15) is 14.4 Å². The molecule has 10 heteroatoms. The van der Waals surface area contributed by atoms with Crippen molar-refractivity contribution in [3.8, 4) is 28.7 Å². The monoisotopic (exact) mass is 618 g/mol. The van der Waals surface area contributed by atoms with Crippen LogP contribution in [0, 0.1) is 6.92 Å². The van der Waals surface area contributed by atoms with Crippen LogP contribution in [0.25, 0.3) is 0 Å². The molecule has 0 fully saturated rings. The smallest absolute Gasteiger partial charge is 0.343 e. The molecule has 3 aromatic rings. The van der Waals surface area contributed by atoms with Crippen molar-refractivity contribution in [2.75, 3.05) is 33.2 Å². The zero-order valence-corrected chi connectivity index (χ0v) is 25.4. The standard InChI is InChI=1S/C35H38O10/c1-4-33(36)41-22-8-6-20-39-28-12-10-27(11-13-28)35(38)45-31-18-19-32(26(3)24-31)44-25-43-30-16-14-29(15-17-30)40-21-7-9-23-42-34(37)5-2/h4-5,10-19,24H,1-2,6-9,20-23,25H2,3H3. The van der Waals surface area contributed by atoms with Crippen LogP contribution in [0.3, 0.4) is 0 Å². The Bertz CT molecular complexity index is 1400. The minimum Gasteiger partial charge on any atom is -0.494 e. The topological polar surface area (TPSA) is 116 Å². The lowest BCUT2D eigenvalue weighted by atomic mass is 10.2. The molecular formula is C35H38O10. The molecule has 0 atom stereocenters. The second kappa shape index (κ2) is 19.1. The molecule has 0 bridgehead atoms. The van der Waals surface area contributed by atoms with Gasteiger partial charge in [-0.05, 0) is 105 Å². The second-order valence-electron chi connectivity index (χ2n) is 9.57. The van der Waals surface area contributed by atoms with E-state index >= 15 is 0 Å². The van der Waals surface area contributed by atoms with Gasteiger partial charge in [0.15, 0.2) is 0 Å². The van der Waals surface area contributed by atoms with Crippen LogP contribution in [0.5, 0.6) is 28.7 Å². The molecule has 0 N–H and O–H groups in total. The SMILES string of the molecule is C=CC(=O)OCCCCOc1ccc(OCOc2ccc(OC(=O)c3ccc(OCCCCOC(=O)C=C)cc3)cc2C)cc1. The van der Waals surface area contributed by atoms with Crippen LogP contribution < -0.4 is 23.7 Å². The molecule has 238 valence electrons. The fraction of sp³-hybridized carbons (Fsp3) is 0.286. The van der Waals surface area contributed by atoms with Crippen molar-refractivity contribution in [2.45, 2.75) is 32.6 Å². The number of ether oxygens (including phenoxy) is 7. The molecule has 0 aliphatic heterocycles. The van der Waals surface area contributed by atoms with Gasteiger partial charge in [-0.2, -0.15) is 0 Å². The molecule has 3 aromatic carbocycles. The molecule has 0 saturated carbocycles. The van der Waals surface area contributed by atoms with Gasteiger partial charge in [-0.25, -0.2) is 14.4 Å². The van der Waals surface area contributed by atoms with Crippen LogP contribution in [0.15, 0.2) is 92.0 Å². The Hall–Kier alpha value is -5.25. The Kier molecular flexibility index (Phi) is 14.5. The normalized spacial score (nSPS) is 10.2. The van der Waals surface area contributed by atoms with Crippen molar-refractivity contribution in [1.82, 2.24) is 0 Å². The molecule has 0 radical (unpaired) electrons. The summed E-state index contributed by atoms with van der Waals surface area (Å²) in [5.41, 5.74) is 1.16. The number of unbranched alkanes of at least 4 members (excludes halogenated alkanes) is 2. The van der Waals surface area contributed by atoms with Crippen molar-refractivity contribution in [2.24, 2.45) is 0 Å². The number of aryl methyl sites for hydroxylation is 1. The minimum absolute atomic E-state index is 0.0131. The molecule has 3 rings (SSSR count). The highest BCUT2D eigenvalue weighted by Gasteiger charge is 2.11. The number of hydrogen-bond acceptors (Lipinski definition) is 10. The quantitative estimate of drug-likeness (QED) is 0.0463. The van der Waals surface area contributed by atoms with Crippen LogP contribution in [-0.4, -0.2) is 51.1 Å². The first-order valence-electron chi connectivity index (χ1n) is 14.5. The molecule has 0 aliphatic rings. The van der Waals surface area contributed by atoms with Gasteiger partial charge >= 0.3 is 17.9 Å². The van der Waals surface area contributed by atoms with Crippen molar-refractivity contribution in [3.05, 3.63) is 103 Å². The van der Waals surface area contributed by atoms with Gasteiger partial charge in [0.2, 0.25) is 6.79 Å². The average Bonchev–Trinajstić information content (AvgIpc) is 3.05. The van der Waals surface area contributed by atoms with Gasteiger partial charge in [0.25, 0.3) is 0 Å². The maximum atomic E-state index is 12.6. The highest BCUT2D eigenvalue weighted by molar-refractivity contribution is 5.91.